The molecule has 0 heterocycles. The molecule has 4 heteroatoms. The fraction of sp³-hybridized carbons (Fsp3) is 0.111. The van der Waals surface area contributed by atoms with Crippen LogP contribution in [0.2, 0.25) is 0 Å². The van der Waals surface area contributed by atoms with Gasteiger partial charge >= 0.3 is 8.25 Å². The van der Waals surface area contributed by atoms with Crippen LogP contribution in [0, 0.1) is 13.8 Å². The third-order valence-electron chi connectivity index (χ3n) is 3.19. The fourth-order valence-electron chi connectivity index (χ4n) is 1.93. The monoisotopic (exact) mass is 313 g/mol. The summed E-state index contributed by atoms with van der Waals surface area (Å²) in [5.41, 5.74) is 3.69. The van der Waals surface area contributed by atoms with E-state index >= 15 is 0 Å². The van der Waals surface area contributed by atoms with Gasteiger partial charge in [0.25, 0.3) is 0 Å². The van der Waals surface area contributed by atoms with Crippen LogP contribution in [0.5, 0.6) is 0 Å². The van der Waals surface area contributed by atoms with E-state index in [9.17, 15) is 4.57 Å². The van der Waals surface area contributed by atoms with E-state index < -0.39 is 8.25 Å². The average Bonchev–Trinajstić information content (AvgIpc) is 2.48. The molecule has 0 bridgehead atoms. The lowest BCUT2D eigenvalue weighted by Gasteiger charge is -2.03. The normalized spacial score (nSPS) is 10.7. The first-order valence-electron chi connectivity index (χ1n) is 6.81. The van der Waals surface area contributed by atoms with Gasteiger partial charge in [0, 0.05) is 15.7 Å². The molecule has 0 aliphatic rings. The second-order valence-electron chi connectivity index (χ2n) is 4.93. The van der Waals surface area contributed by atoms with Crippen molar-refractivity contribution in [2.45, 2.75) is 13.8 Å². The Balaban J connectivity index is 1.98. The molecule has 0 saturated carbocycles. The zero-order chi connectivity index (χ0) is 16.1. The Labute approximate surface area is 131 Å². The van der Waals surface area contributed by atoms with E-state index in [2.05, 4.69) is 13.2 Å². The van der Waals surface area contributed by atoms with Crippen molar-refractivity contribution in [1.82, 2.24) is 0 Å². The van der Waals surface area contributed by atoms with E-state index in [-0.39, 0.29) is 0 Å². The van der Waals surface area contributed by atoms with Crippen molar-refractivity contribution >= 4 is 19.8 Å². The van der Waals surface area contributed by atoms with Gasteiger partial charge in [-0.05, 0) is 32.6 Å². The maximum atomic E-state index is 12.0. The molecule has 0 amide bonds. The summed E-state index contributed by atoms with van der Waals surface area (Å²) in [6.07, 6.45) is 0. The highest BCUT2D eigenvalue weighted by Crippen LogP contribution is 2.36. The molecule has 0 fully saturated rings. The Morgan fingerprint density at radius 3 is 2.14 bits per heavy atom. The van der Waals surface area contributed by atoms with E-state index in [1.54, 1.807) is 0 Å². The molecule has 2 aromatic carbocycles. The maximum Gasteiger partial charge on any atom is 0.805 e. The van der Waals surface area contributed by atoms with E-state index in [0.29, 0.717) is 11.5 Å². The molecule has 3 nitrogen and oxygen atoms in total. The van der Waals surface area contributed by atoms with Crippen LogP contribution in [-0.4, -0.2) is 0 Å². The molecule has 0 radical (unpaired) electrons. The lowest BCUT2D eigenvalue weighted by atomic mass is 10.1. The van der Waals surface area contributed by atoms with Gasteiger partial charge in [0.05, 0.1) is 0 Å². The lowest BCUT2D eigenvalue weighted by Crippen LogP contribution is -1.90. The molecular weight excluding hydrogens is 295 g/mol. The van der Waals surface area contributed by atoms with Crippen LogP contribution in [0.25, 0.3) is 11.5 Å². The van der Waals surface area contributed by atoms with Crippen molar-refractivity contribution in [2.24, 2.45) is 0 Å². The lowest BCUT2D eigenvalue weighted by molar-refractivity contribution is 0.383. The van der Waals surface area contributed by atoms with E-state index in [4.69, 9.17) is 9.05 Å². The molecule has 1 atom stereocenters. The molecule has 0 aliphatic carbocycles. The second-order valence-corrected chi connectivity index (χ2v) is 5.75. The van der Waals surface area contributed by atoms with Crippen LogP contribution in [0.4, 0.5) is 0 Å². The zero-order valence-corrected chi connectivity index (χ0v) is 13.6. The van der Waals surface area contributed by atoms with Crippen LogP contribution in [0.3, 0.4) is 0 Å². The first-order chi connectivity index (χ1) is 10.5. The molecule has 22 heavy (non-hydrogen) atoms. The smallest absolute Gasteiger partial charge is 0.222 e. The van der Waals surface area contributed by atoms with Crippen molar-refractivity contribution in [3.05, 3.63) is 83.9 Å². The molecule has 0 N–H and O–H groups in total. The SMILES string of the molecule is C=C(O[P+](=O)OC(=C)c1ccccc1C)c1ccc(C)cc1. The van der Waals surface area contributed by atoms with Crippen molar-refractivity contribution < 1.29 is 13.6 Å². The van der Waals surface area contributed by atoms with Gasteiger partial charge < -0.3 is 0 Å². The van der Waals surface area contributed by atoms with Crippen LogP contribution in [0.1, 0.15) is 22.3 Å². The van der Waals surface area contributed by atoms with Crippen molar-refractivity contribution in [1.29, 1.82) is 0 Å². The van der Waals surface area contributed by atoms with Crippen LogP contribution < -0.4 is 0 Å². The standard InChI is InChI=1S/C18H18O3P/c1-13-9-11-17(12-10-13)15(3)20-22(19)21-16(4)18-8-6-5-7-14(18)2/h5-12H,3-4H2,1-2H3/q+1. The highest BCUT2D eigenvalue weighted by Gasteiger charge is 2.27. The third kappa shape index (κ3) is 4.06. The summed E-state index contributed by atoms with van der Waals surface area (Å²) in [5.74, 6) is 0.620. The zero-order valence-electron chi connectivity index (χ0n) is 12.7. The topological polar surface area (TPSA) is 35.5 Å². The number of hydrogen-bond acceptors (Lipinski definition) is 3. The molecule has 112 valence electrons. The highest BCUT2D eigenvalue weighted by atomic mass is 31.1. The minimum absolute atomic E-state index is 0.304. The van der Waals surface area contributed by atoms with Gasteiger partial charge in [0.2, 0.25) is 0 Å². The summed E-state index contributed by atoms with van der Waals surface area (Å²) in [6, 6.07) is 15.2. The maximum absolute atomic E-state index is 12.0. The van der Waals surface area contributed by atoms with E-state index in [1.165, 1.54) is 0 Å². The minimum Gasteiger partial charge on any atom is -0.222 e. The van der Waals surface area contributed by atoms with Gasteiger partial charge in [-0.25, -0.2) is 9.05 Å². The molecule has 0 aliphatic heterocycles. The molecule has 0 spiro atoms. The van der Waals surface area contributed by atoms with Crippen molar-refractivity contribution in [2.75, 3.05) is 0 Å². The summed E-state index contributed by atoms with van der Waals surface area (Å²) < 4.78 is 22.5. The van der Waals surface area contributed by atoms with E-state index in [1.807, 2.05) is 62.4 Å². The molecule has 2 aromatic rings. The molecule has 0 saturated heterocycles. The van der Waals surface area contributed by atoms with Gasteiger partial charge in [0.1, 0.15) is 0 Å². The number of benzene rings is 2. The van der Waals surface area contributed by atoms with Gasteiger partial charge in [0.15, 0.2) is 11.5 Å². The Morgan fingerprint density at radius 2 is 1.50 bits per heavy atom. The summed E-state index contributed by atoms with van der Waals surface area (Å²) >= 11 is 0. The third-order valence-corrected chi connectivity index (χ3v) is 3.93. The first-order valence-corrected chi connectivity index (χ1v) is 7.91. The van der Waals surface area contributed by atoms with Gasteiger partial charge in [-0.2, -0.15) is 0 Å². The van der Waals surface area contributed by atoms with Gasteiger partial charge in [-0.15, -0.1) is 0 Å². The number of rotatable bonds is 6. The first kappa shape index (κ1) is 16.0. The van der Waals surface area contributed by atoms with Crippen LogP contribution in [0.15, 0.2) is 61.7 Å². The van der Waals surface area contributed by atoms with Gasteiger partial charge in [-0.1, -0.05) is 54.1 Å². The Morgan fingerprint density at radius 1 is 0.909 bits per heavy atom. The predicted octanol–water partition coefficient (Wildman–Crippen LogP) is 5.64. The summed E-state index contributed by atoms with van der Waals surface area (Å²) in [5, 5.41) is 0. The van der Waals surface area contributed by atoms with Crippen molar-refractivity contribution in [3.8, 4) is 0 Å². The average molecular weight is 313 g/mol. The molecule has 2 rings (SSSR count). The minimum atomic E-state index is -2.38. The van der Waals surface area contributed by atoms with Crippen LogP contribution >= 0.6 is 8.25 Å². The van der Waals surface area contributed by atoms with Crippen molar-refractivity contribution in [3.63, 3.8) is 0 Å². The second kappa shape index (κ2) is 7.06. The van der Waals surface area contributed by atoms with Gasteiger partial charge in [-0.3, -0.25) is 0 Å². The Bertz CT molecular complexity index is 717. The number of hydrogen-bond donors (Lipinski definition) is 0. The Hall–Kier alpha value is -2.38. The molecule has 1 unspecified atom stereocenters. The highest BCUT2D eigenvalue weighted by molar-refractivity contribution is 7.34. The summed E-state index contributed by atoms with van der Waals surface area (Å²) in [7, 11) is -2.38. The summed E-state index contributed by atoms with van der Waals surface area (Å²) in [4.78, 5) is 0. The summed E-state index contributed by atoms with van der Waals surface area (Å²) in [6.45, 7) is 11.5. The fourth-order valence-corrected chi connectivity index (χ4v) is 2.53. The predicted molar refractivity (Wildman–Crippen MR) is 90.2 cm³/mol. The number of aryl methyl sites for hydroxylation is 2. The largest absolute Gasteiger partial charge is 0.805 e. The molecule has 0 aromatic heterocycles. The molecular formula is C18H18O3P+. The quantitative estimate of drug-likeness (QED) is 0.511. The van der Waals surface area contributed by atoms with E-state index in [0.717, 1.165) is 22.3 Å². The Kier molecular flexibility index (Phi) is 5.13. The van der Waals surface area contributed by atoms with Crippen LogP contribution in [-0.2, 0) is 13.6 Å².